The molecule has 0 aliphatic carbocycles. The highest BCUT2D eigenvalue weighted by atomic mass is 16.5. The smallest absolute Gasteiger partial charge is 0.123 e. The Labute approximate surface area is 121 Å². The van der Waals surface area contributed by atoms with E-state index >= 15 is 0 Å². The fourth-order valence-electron chi connectivity index (χ4n) is 2.27. The van der Waals surface area contributed by atoms with Crippen LogP contribution in [0.4, 0.5) is 0 Å². The Bertz CT molecular complexity index is 540. The van der Waals surface area contributed by atoms with Crippen molar-refractivity contribution in [1.29, 1.82) is 0 Å². The number of benzene rings is 1. The number of hydrogen-bond donors (Lipinski definition) is 1. The number of rotatable bonds is 6. The number of hydrogen-bond acceptors (Lipinski definition) is 3. The highest BCUT2D eigenvalue weighted by Gasteiger charge is 2.10. The van der Waals surface area contributed by atoms with Crippen molar-refractivity contribution in [2.75, 3.05) is 13.7 Å². The van der Waals surface area contributed by atoms with Crippen LogP contribution in [-0.4, -0.2) is 18.6 Å². The van der Waals surface area contributed by atoms with Crippen LogP contribution in [0.3, 0.4) is 0 Å². The lowest BCUT2D eigenvalue weighted by Gasteiger charge is -2.17. The lowest BCUT2D eigenvalue weighted by molar-refractivity contribution is 0.401. The van der Waals surface area contributed by atoms with Crippen LogP contribution in [0.2, 0.25) is 0 Å². The molecule has 0 saturated carbocycles. The zero-order chi connectivity index (χ0) is 14.4. The van der Waals surface area contributed by atoms with E-state index in [0.717, 1.165) is 18.7 Å². The van der Waals surface area contributed by atoms with Gasteiger partial charge in [0.1, 0.15) is 5.75 Å². The minimum atomic E-state index is 0.266. The molecule has 2 rings (SSSR count). The van der Waals surface area contributed by atoms with Crippen molar-refractivity contribution in [3.05, 3.63) is 59.4 Å². The first kappa shape index (κ1) is 14.5. The van der Waals surface area contributed by atoms with Crippen LogP contribution in [0.25, 0.3) is 0 Å². The number of pyridine rings is 1. The normalized spacial score (nSPS) is 12.2. The minimum Gasteiger partial charge on any atom is -0.496 e. The maximum absolute atomic E-state index is 5.46. The Morgan fingerprint density at radius 3 is 2.85 bits per heavy atom. The second-order valence-corrected chi connectivity index (χ2v) is 5.03. The van der Waals surface area contributed by atoms with Gasteiger partial charge in [0.15, 0.2) is 0 Å². The number of nitrogens with zero attached hydrogens (tertiary/aromatic N) is 1. The molecular weight excluding hydrogens is 248 g/mol. The lowest BCUT2D eigenvalue weighted by atomic mass is 10.0. The summed E-state index contributed by atoms with van der Waals surface area (Å²) in [5, 5.41) is 3.53. The Kier molecular flexibility index (Phi) is 5.13. The fourth-order valence-corrected chi connectivity index (χ4v) is 2.27. The van der Waals surface area contributed by atoms with Crippen molar-refractivity contribution < 1.29 is 4.74 Å². The molecule has 20 heavy (non-hydrogen) atoms. The maximum atomic E-state index is 5.46. The second kappa shape index (κ2) is 7.06. The molecule has 0 spiro atoms. The molecule has 2 aromatic rings. The van der Waals surface area contributed by atoms with Gasteiger partial charge in [-0.15, -0.1) is 0 Å². The van der Waals surface area contributed by atoms with Crippen molar-refractivity contribution >= 4 is 0 Å². The van der Waals surface area contributed by atoms with Crippen LogP contribution in [-0.2, 0) is 6.42 Å². The van der Waals surface area contributed by atoms with Crippen molar-refractivity contribution in [1.82, 2.24) is 10.3 Å². The van der Waals surface area contributed by atoms with Gasteiger partial charge in [0.05, 0.1) is 7.11 Å². The fraction of sp³-hybridized carbons (Fsp3) is 0.353. The highest BCUT2D eigenvalue weighted by Crippen LogP contribution is 2.25. The summed E-state index contributed by atoms with van der Waals surface area (Å²) in [6.07, 6.45) is 4.70. The molecule has 0 aliphatic rings. The summed E-state index contributed by atoms with van der Waals surface area (Å²) >= 11 is 0. The summed E-state index contributed by atoms with van der Waals surface area (Å²) in [5.74, 6) is 0.950. The van der Waals surface area contributed by atoms with E-state index in [9.17, 15) is 0 Å². The highest BCUT2D eigenvalue weighted by molar-refractivity contribution is 5.39. The monoisotopic (exact) mass is 270 g/mol. The quantitative estimate of drug-likeness (QED) is 0.874. The zero-order valence-electron chi connectivity index (χ0n) is 12.4. The Balaban J connectivity index is 1.93. The van der Waals surface area contributed by atoms with Gasteiger partial charge in [-0.3, -0.25) is 4.98 Å². The van der Waals surface area contributed by atoms with E-state index in [1.54, 1.807) is 13.3 Å². The number of nitrogens with one attached hydrogen (secondary N) is 1. The predicted octanol–water partition coefficient (Wildman–Crippen LogP) is 3.29. The topological polar surface area (TPSA) is 34.1 Å². The van der Waals surface area contributed by atoms with E-state index in [1.165, 1.54) is 16.7 Å². The molecular formula is C17H22N2O. The third-order valence-electron chi connectivity index (χ3n) is 3.44. The van der Waals surface area contributed by atoms with E-state index in [-0.39, 0.29) is 6.04 Å². The summed E-state index contributed by atoms with van der Waals surface area (Å²) in [7, 11) is 1.72. The number of ether oxygens (including phenoxy) is 1. The van der Waals surface area contributed by atoms with Gasteiger partial charge in [-0.05, 0) is 50.1 Å². The Hall–Kier alpha value is -1.87. The summed E-state index contributed by atoms with van der Waals surface area (Å²) in [6.45, 7) is 5.16. The van der Waals surface area contributed by atoms with E-state index in [0.29, 0.717) is 0 Å². The van der Waals surface area contributed by atoms with Crippen LogP contribution in [0.15, 0.2) is 42.7 Å². The lowest BCUT2D eigenvalue weighted by Crippen LogP contribution is -2.21. The molecule has 0 bridgehead atoms. The molecule has 0 radical (unpaired) electrons. The Morgan fingerprint density at radius 2 is 2.15 bits per heavy atom. The molecule has 1 aromatic heterocycles. The van der Waals surface area contributed by atoms with Crippen molar-refractivity contribution in [2.45, 2.75) is 26.3 Å². The second-order valence-electron chi connectivity index (χ2n) is 5.03. The SMILES string of the molecule is COc1cc(C)ccc1C(C)NCCc1cccnc1. The van der Waals surface area contributed by atoms with Crippen LogP contribution in [0.1, 0.15) is 29.7 Å². The van der Waals surface area contributed by atoms with Crippen LogP contribution < -0.4 is 10.1 Å². The van der Waals surface area contributed by atoms with Gasteiger partial charge < -0.3 is 10.1 Å². The van der Waals surface area contributed by atoms with E-state index in [1.807, 2.05) is 12.3 Å². The third-order valence-corrected chi connectivity index (χ3v) is 3.44. The molecule has 106 valence electrons. The van der Waals surface area contributed by atoms with Crippen molar-refractivity contribution in [3.63, 3.8) is 0 Å². The summed E-state index contributed by atoms with van der Waals surface area (Å²) < 4.78 is 5.46. The number of aryl methyl sites for hydroxylation is 1. The van der Waals surface area contributed by atoms with Crippen LogP contribution in [0.5, 0.6) is 5.75 Å². The number of aromatic nitrogens is 1. The largest absolute Gasteiger partial charge is 0.496 e. The molecule has 3 nitrogen and oxygen atoms in total. The average molecular weight is 270 g/mol. The van der Waals surface area contributed by atoms with Crippen LogP contribution >= 0.6 is 0 Å². The summed E-state index contributed by atoms with van der Waals surface area (Å²) in [6, 6.07) is 10.7. The van der Waals surface area contributed by atoms with E-state index in [2.05, 4.69) is 48.4 Å². The van der Waals surface area contributed by atoms with Gasteiger partial charge in [0.2, 0.25) is 0 Å². The minimum absolute atomic E-state index is 0.266. The number of methoxy groups -OCH3 is 1. The zero-order valence-corrected chi connectivity index (χ0v) is 12.4. The molecule has 1 aromatic carbocycles. The van der Waals surface area contributed by atoms with Gasteiger partial charge in [-0.25, -0.2) is 0 Å². The van der Waals surface area contributed by atoms with Gasteiger partial charge in [0.25, 0.3) is 0 Å². The Morgan fingerprint density at radius 1 is 1.30 bits per heavy atom. The third kappa shape index (κ3) is 3.81. The molecule has 3 heteroatoms. The van der Waals surface area contributed by atoms with Crippen LogP contribution in [0, 0.1) is 6.92 Å². The maximum Gasteiger partial charge on any atom is 0.123 e. The van der Waals surface area contributed by atoms with Crippen molar-refractivity contribution in [3.8, 4) is 5.75 Å². The molecule has 1 atom stereocenters. The van der Waals surface area contributed by atoms with Crippen molar-refractivity contribution in [2.24, 2.45) is 0 Å². The molecule has 1 heterocycles. The van der Waals surface area contributed by atoms with Gasteiger partial charge in [-0.1, -0.05) is 18.2 Å². The first-order valence-corrected chi connectivity index (χ1v) is 6.97. The molecule has 0 saturated heterocycles. The molecule has 0 amide bonds. The van der Waals surface area contributed by atoms with Gasteiger partial charge in [0, 0.05) is 24.0 Å². The summed E-state index contributed by atoms with van der Waals surface area (Å²) in [4.78, 5) is 4.13. The first-order chi connectivity index (χ1) is 9.70. The molecule has 0 fully saturated rings. The average Bonchev–Trinajstić information content (AvgIpc) is 2.48. The molecule has 0 aliphatic heterocycles. The molecule has 1 unspecified atom stereocenters. The van der Waals surface area contributed by atoms with E-state index in [4.69, 9.17) is 4.74 Å². The standard InChI is InChI=1S/C17H22N2O/c1-13-6-7-16(17(11-13)20-3)14(2)19-10-8-15-5-4-9-18-12-15/h4-7,9,11-12,14,19H,8,10H2,1-3H3. The van der Waals surface area contributed by atoms with Gasteiger partial charge in [-0.2, -0.15) is 0 Å². The predicted molar refractivity (Wildman–Crippen MR) is 82.1 cm³/mol. The molecule has 1 N–H and O–H groups in total. The first-order valence-electron chi connectivity index (χ1n) is 6.97. The summed E-state index contributed by atoms with van der Waals surface area (Å²) in [5.41, 5.74) is 3.67. The van der Waals surface area contributed by atoms with E-state index < -0.39 is 0 Å². The van der Waals surface area contributed by atoms with Gasteiger partial charge >= 0.3 is 0 Å².